The molecule has 7 atom stereocenters. The fourth-order valence-electron chi connectivity index (χ4n) is 6.01. The van der Waals surface area contributed by atoms with Crippen LogP contribution in [0.3, 0.4) is 0 Å². The number of hydrogen-bond acceptors (Lipinski definition) is 12. The maximum atomic E-state index is 12.3. The first-order chi connectivity index (χ1) is 19.3. The summed E-state index contributed by atoms with van der Waals surface area (Å²) >= 11 is 10.4. The molecule has 3 fully saturated rings. The van der Waals surface area contributed by atoms with Gasteiger partial charge in [0.05, 0.1) is 30.5 Å². The molecule has 14 nitrogen and oxygen atoms in total. The lowest BCUT2D eigenvalue weighted by Crippen LogP contribution is -2.25. The molecule has 7 heterocycles. The first-order valence-electron chi connectivity index (χ1n) is 13.0. The van der Waals surface area contributed by atoms with E-state index in [1.165, 1.54) is 12.7 Å². The zero-order valence-corrected chi connectivity index (χ0v) is 23.8. The summed E-state index contributed by atoms with van der Waals surface area (Å²) in [6, 6.07) is 1.91. The summed E-state index contributed by atoms with van der Waals surface area (Å²) in [5.41, 5.74) is 9.63. The summed E-state index contributed by atoms with van der Waals surface area (Å²) < 4.78 is 29.1. The number of anilines is 2. The highest BCUT2D eigenvalue weighted by Crippen LogP contribution is 2.58. The van der Waals surface area contributed by atoms with E-state index in [4.69, 9.17) is 41.8 Å². The first-order valence-corrected chi connectivity index (χ1v) is 16.8. The molecule has 3 saturated heterocycles. The third-order valence-corrected chi connectivity index (χ3v) is 10.1. The SMILES string of the molecule is Nc1nc2c(ncn2[C@@H]2O[C@@H]3CCC[C@H]4C[C@H](n5ccc6c(N)ncnc65)O[C@@H]4COP(=S)(S)O[C@@H]2C3)c(=O)[nH]1. The molecule has 0 aliphatic carbocycles. The predicted molar refractivity (Wildman–Crippen MR) is 153 cm³/mol. The van der Waals surface area contributed by atoms with Crippen LogP contribution in [0.2, 0.25) is 0 Å². The normalized spacial score (nSPS) is 33.1. The summed E-state index contributed by atoms with van der Waals surface area (Å²) in [7, 11) is 0. The maximum absolute atomic E-state index is 12.3. The topological polar surface area (TPSA) is 183 Å². The number of fused-ring (bicyclic) bond motifs is 5. The Hall–Kier alpha value is -2.59. The Morgan fingerprint density at radius 1 is 1.10 bits per heavy atom. The Bertz CT molecular complexity index is 1690. The van der Waals surface area contributed by atoms with E-state index in [1.54, 1.807) is 4.57 Å². The monoisotopic (exact) mass is 605 g/mol. The molecule has 0 radical (unpaired) electrons. The van der Waals surface area contributed by atoms with E-state index in [0.29, 0.717) is 17.9 Å². The molecule has 0 aromatic carbocycles. The van der Waals surface area contributed by atoms with Crippen LogP contribution in [0.5, 0.6) is 0 Å². The first kappa shape index (κ1) is 26.3. The van der Waals surface area contributed by atoms with Gasteiger partial charge in [0, 0.05) is 12.6 Å². The van der Waals surface area contributed by atoms with Gasteiger partial charge in [0.2, 0.25) is 11.6 Å². The van der Waals surface area contributed by atoms with E-state index < -0.39 is 23.6 Å². The van der Waals surface area contributed by atoms with Crippen molar-refractivity contribution in [3.63, 3.8) is 0 Å². The Labute approximate surface area is 238 Å². The Morgan fingerprint density at radius 3 is 2.85 bits per heavy atom. The molecule has 7 rings (SSSR count). The van der Waals surface area contributed by atoms with Crippen LogP contribution in [0.4, 0.5) is 11.8 Å². The second-order valence-electron chi connectivity index (χ2n) is 10.3. The lowest BCUT2D eigenvalue weighted by molar-refractivity contribution is -0.0335. The van der Waals surface area contributed by atoms with E-state index in [-0.39, 0.29) is 42.4 Å². The number of ether oxygens (including phenoxy) is 2. The number of aromatic amines is 1. The van der Waals surface area contributed by atoms with Crippen LogP contribution in [0.1, 0.15) is 44.6 Å². The van der Waals surface area contributed by atoms with Gasteiger partial charge in [-0.2, -0.15) is 4.98 Å². The highest BCUT2D eigenvalue weighted by molar-refractivity contribution is 8.60. The number of rotatable bonds is 2. The van der Waals surface area contributed by atoms with Gasteiger partial charge in [-0.3, -0.25) is 14.3 Å². The van der Waals surface area contributed by atoms with Gasteiger partial charge in [0.15, 0.2) is 17.4 Å². The average molecular weight is 606 g/mol. The molecule has 3 aliphatic rings. The number of nitrogens with one attached hydrogen (secondary N) is 1. The van der Waals surface area contributed by atoms with Crippen LogP contribution < -0.4 is 17.0 Å². The summed E-state index contributed by atoms with van der Waals surface area (Å²) in [6.07, 6.45) is 7.36. The standard InChI is InChI=1S/C23H28N9O5PS2/c24-18-13-4-5-31(19(13)27-9-26-18)16-6-11-2-1-3-12-7-14(37-38(39,40)34-8-15(11)36-16)22(35-12)32-10-28-17-20(32)29-23(25)30-21(17)33/h4-5,9-12,14-16,22H,1-3,6-8H2,(H,39,40)(H2,24,26,27)(H3,25,29,30,33)/t11-,12+,14+,15+,16+,22+/m0/s1. The van der Waals surface area contributed by atoms with Crippen molar-refractivity contribution in [3.8, 4) is 0 Å². The minimum Gasteiger partial charge on any atom is -0.383 e. The molecule has 0 spiro atoms. The van der Waals surface area contributed by atoms with Crippen molar-refractivity contribution in [2.75, 3.05) is 18.1 Å². The molecule has 1 unspecified atom stereocenters. The van der Waals surface area contributed by atoms with Gasteiger partial charge in [-0.05, 0) is 43.1 Å². The van der Waals surface area contributed by atoms with Crippen molar-refractivity contribution in [2.45, 2.75) is 62.9 Å². The summed E-state index contributed by atoms with van der Waals surface area (Å²) in [5, 5.41) is 0.795. The molecular formula is C23H28N9O5PS2. The van der Waals surface area contributed by atoms with Crippen molar-refractivity contribution in [1.29, 1.82) is 0 Å². The van der Waals surface area contributed by atoms with Crippen LogP contribution in [0.25, 0.3) is 22.2 Å². The van der Waals surface area contributed by atoms with E-state index in [9.17, 15) is 4.79 Å². The molecule has 2 bridgehead atoms. The molecule has 17 heteroatoms. The van der Waals surface area contributed by atoms with E-state index >= 15 is 0 Å². The van der Waals surface area contributed by atoms with E-state index in [1.807, 2.05) is 16.8 Å². The minimum absolute atomic E-state index is 0.00605. The molecule has 4 aromatic rings. The number of aromatic nitrogens is 7. The molecule has 5 N–H and O–H groups in total. The van der Waals surface area contributed by atoms with Gasteiger partial charge >= 0.3 is 0 Å². The van der Waals surface area contributed by atoms with Crippen molar-refractivity contribution in [1.82, 2.24) is 34.1 Å². The number of H-pyrrole nitrogens is 1. The highest BCUT2D eigenvalue weighted by Gasteiger charge is 2.43. The number of hydrogen-bond donors (Lipinski definition) is 4. The minimum atomic E-state index is -3.00. The van der Waals surface area contributed by atoms with E-state index in [2.05, 4.69) is 37.2 Å². The third-order valence-electron chi connectivity index (χ3n) is 7.85. The molecule has 40 heavy (non-hydrogen) atoms. The van der Waals surface area contributed by atoms with Gasteiger partial charge in [-0.15, -0.1) is 0 Å². The average Bonchev–Trinajstić information content (AvgIpc) is 3.67. The van der Waals surface area contributed by atoms with Crippen LogP contribution in [-0.4, -0.2) is 59.0 Å². The molecular weight excluding hydrogens is 577 g/mol. The van der Waals surface area contributed by atoms with Crippen LogP contribution in [-0.2, 0) is 30.3 Å². The van der Waals surface area contributed by atoms with E-state index in [0.717, 1.165) is 36.7 Å². The summed E-state index contributed by atoms with van der Waals surface area (Å²) in [5.74, 6) is 0.662. The fourth-order valence-corrected chi connectivity index (χ4v) is 8.01. The lowest BCUT2D eigenvalue weighted by atomic mass is 9.93. The smallest absolute Gasteiger partial charge is 0.280 e. The van der Waals surface area contributed by atoms with Gasteiger partial charge in [0.1, 0.15) is 30.1 Å². The van der Waals surface area contributed by atoms with Crippen molar-refractivity contribution >= 4 is 63.7 Å². The molecule has 212 valence electrons. The summed E-state index contributed by atoms with van der Waals surface area (Å²) in [6.45, 7) is 0.251. The van der Waals surface area contributed by atoms with Crippen LogP contribution in [0.15, 0.2) is 29.7 Å². The Morgan fingerprint density at radius 2 is 1.98 bits per heavy atom. The lowest BCUT2D eigenvalue weighted by Gasteiger charge is -2.27. The summed E-state index contributed by atoms with van der Waals surface area (Å²) in [4.78, 5) is 31.8. The number of thiol groups is 1. The number of nitrogens with zero attached hydrogens (tertiary/aromatic N) is 6. The predicted octanol–water partition coefficient (Wildman–Crippen LogP) is 2.66. The van der Waals surface area contributed by atoms with Gasteiger partial charge in [0.25, 0.3) is 5.56 Å². The van der Waals surface area contributed by atoms with Gasteiger partial charge in [-0.25, -0.2) is 15.0 Å². The number of nitrogen functional groups attached to an aromatic ring is 2. The molecule has 0 amide bonds. The number of imidazole rings is 1. The second-order valence-corrected chi connectivity index (χ2v) is 15.6. The van der Waals surface area contributed by atoms with Crippen molar-refractivity contribution in [3.05, 3.63) is 35.3 Å². The third kappa shape index (κ3) is 4.70. The largest absolute Gasteiger partial charge is 0.383 e. The van der Waals surface area contributed by atoms with Gasteiger partial charge < -0.3 is 34.6 Å². The second kappa shape index (κ2) is 10.0. The van der Waals surface area contributed by atoms with Crippen LogP contribution in [0, 0.1) is 5.92 Å². The molecule has 3 aliphatic heterocycles. The van der Waals surface area contributed by atoms with Gasteiger partial charge in [-0.1, -0.05) is 18.7 Å². The maximum Gasteiger partial charge on any atom is 0.280 e. The molecule has 4 aromatic heterocycles. The van der Waals surface area contributed by atoms with Crippen molar-refractivity contribution < 1.29 is 18.5 Å². The quantitative estimate of drug-likeness (QED) is 0.194. The fraction of sp³-hybridized carbons (Fsp3) is 0.522. The molecule has 0 saturated carbocycles. The highest BCUT2D eigenvalue weighted by atomic mass is 32.9. The zero-order chi connectivity index (χ0) is 27.6. The van der Waals surface area contributed by atoms with Crippen molar-refractivity contribution in [2.24, 2.45) is 5.92 Å². The Balaban J connectivity index is 1.13. The number of nitrogens with two attached hydrogens (primary N) is 2. The van der Waals surface area contributed by atoms with Crippen LogP contribution >= 0.6 is 17.9 Å². The zero-order valence-electron chi connectivity index (χ0n) is 21.2. The Kier molecular flexibility index (Phi) is 6.61.